The number of benzene rings is 3. The molecule has 0 bridgehead atoms. The van der Waals surface area contributed by atoms with E-state index in [2.05, 4.69) is 5.32 Å². The van der Waals surface area contributed by atoms with Gasteiger partial charge in [-0.05, 0) is 65.9 Å². The quantitative estimate of drug-likeness (QED) is 0.320. The molecule has 7 rings (SSSR count). The predicted molar refractivity (Wildman–Crippen MR) is 150 cm³/mol. The number of carbonyl (C=O) groups excluding carboxylic acids is 3. The molecule has 0 radical (unpaired) electrons. The van der Waals surface area contributed by atoms with Crippen molar-refractivity contribution in [1.29, 1.82) is 0 Å². The van der Waals surface area contributed by atoms with Crippen LogP contribution in [0.1, 0.15) is 38.1 Å². The van der Waals surface area contributed by atoms with E-state index in [0.29, 0.717) is 16.1 Å². The van der Waals surface area contributed by atoms with Crippen LogP contribution >= 0.6 is 11.3 Å². The molecule has 1 saturated heterocycles. The summed E-state index contributed by atoms with van der Waals surface area (Å²) < 4.78 is 13.9. The summed E-state index contributed by atoms with van der Waals surface area (Å²) in [7, 11) is 0. The monoisotopic (exact) mass is 534 g/mol. The lowest BCUT2D eigenvalue weighted by atomic mass is 9.64. The largest absolute Gasteiger partial charge is 0.352 e. The van der Waals surface area contributed by atoms with E-state index in [1.54, 1.807) is 6.07 Å². The van der Waals surface area contributed by atoms with Crippen LogP contribution in [0.3, 0.4) is 0 Å². The summed E-state index contributed by atoms with van der Waals surface area (Å²) in [5.74, 6) is -2.43. The molecule has 1 aromatic heterocycles. The second-order valence-corrected chi connectivity index (χ2v) is 11.2. The van der Waals surface area contributed by atoms with Gasteiger partial charge in [-0.25, -0.2) is 4.39 Å². The fourth-order valence-electron chi connectivity index (χ4n) is 6.75. The van der Waals surface area contributed by atoms with Gasteiger partial charge in [0.05, 0.1) is 16.8 Å². The normalized spacial score (nSPS) is 24.6. The van der Waals surface area contributed by atoms with Crippen molar-refractivity contribution in [3.05, 3.63) is 124 Å². The minimum atomic E-state index is -1.38. The summed E-state index contributed by atoms with van der Waals surface area (Å²) in [6.07, 6.45) is 2.02. The van der Waals surface area contributed by atoms with Gasteiger partial charge in [-0.1, -0.05) is 48.5 Å². The first kappa shape index (κ1) is 23.7. The molecule has 1 amide bonds. The highest BCUT2D eigenvalue weighted by molar-refractivity contribution is 7.12. The zero-order valence-electron chi connectivity index (χ0n) is 20.9. The van der Waals surface area contributed by atoms with Crippen LogP contribution in [0.2, 0.25) is 0 Å². The van der Waals surface area contributed by atoms with Gasteiger partial charge >= 0.3 is 0 Å². The van der Waals surface area contributed by atoms with E-state index in [4.69, 9.17) is 0 Å². The Hall–Kier alpha value is -4.36. The van der Waals surface area contributed by atoms with Gasteiger partial charge in [-0.3, -0.25) is 14.4 Å². The van der Waals surface area contributed by atoms with E-state index in [-0.39, 0.29) is 23.0 Å². The van der Waals surface area contributed by atoms with Crippen molar-refractivity contribution in [2.45, 2.75) is 24.4 Å². The van der Waals surface area contributed by atoms with Gasteiger partial charge in [0, 0.05) is 22.5 Å². The Bertz CT molecular complexity index is 1690. The van der Waals surface area contributed by atoms with Crippen molar-refractivity contribution in [2.24, 2.45) is 5.92 Å². The summed E-state index contributed by atoms with van der Waals surface area (Å²) in [4.78, 5) is 45.8. The number of thiophene rings is 1. The molecule has 3 aliphatic heterocycles. The number of allylic oxidation sites excluding steroid dienone is 1. The van der Waals surface area contributed by atoms with Crippen LogP contribution in [0, 0.1) is 11.7 Å². The van der Waals surface area contributed by atoms with Gasteiger partial charge in [0.1, 0.15) is 17.3 Å². The molecule has 3 aromatic carbocycles. The molecular weight excluding hydrogens is 511 g/mol. The third-order valence-electron chi connectivity index (χ3n) is 8.33. The number of hydrogen-bond acceptors (Lipinski definition) is 5. The van der Waals surface area contributed by atoms with Crippen molar-refractivity contribution in [3.8, 4) is 0 Å². The number of ketones is 2. The Morgan fingerprint density at radius 1 is 0.923 bits per heavy atom. The molecule has 39 heavy (non-hydrogen) atoms. The first-order valence-corrected chi connectivity index (χ1v) is 13.7. The van der Waals surface area contributed by atoms with Gasteiger partial charge in [0.25, 0.3) is 0 Å². The third kappa shape index (κ3) is 3.20. The number of Topliss-reactive ketones (excluding diaryl/α,β-unsaturated/α-hetero) is 2. The Balaban J connectivity index is 1.56. The van der Waals surface area contributed by atoms with E-state index >= 15 is 0 Å². The second-order valence-electron chi connectivity index (χ2n) is 10.2. The molecule has 1 spiro atoms. The number of nitrogens with one attached hydrogen (secondary N) is 1. The molecule has 1 N–H and O–H groups in total. The zero-order valence-corrected chi connectivity index (χ0v) is 21.7. The number of carbonyl (C=O) groups is 3. The second kappa shape index (κ2) is 8.58. The number of amides is 1. The molecular formula is C32H23FN2O3S. The SMILES string of the molecule is CC1=C[C@@H]2N(c3ccccc31)[C@H](C(=O)c1cccs1)[C@@H](C(=O)c1ccc(F)cc1)[C@]21C(=O)Nc2ccccc21. The fraction of sp³-hybridized carbons (Fsp3) is 0.156. The average molecular weight is 535 g/mol. The topological polar surface area (TPSA) is 66.5 Å². The predicted octanol–water partition coefficient (Wildman–Crippen LogP) is 6.13. The van der Waals surface area contributed by atoms with Gasteiger partial charge in [-0.15, -0.1) is 11.3 Å². The molecule has 0 unspecified atom stereocenters. The van der Waals surface area contributed by atoms with Crippen LogP contribution in [0.25, 0.3) is 5.57 Å². The van der Waals surface area contributed by atoms with Crippen molar-refractivity contribution in [2.75, 3.05) is 10.2 Å². The molecule has 4 heterocycles. The van der Waals surface area contributed by atoms with E-state index in [9.17, 15) is 18.8 Å². The minimum absolute atomic E-state index is 0.215. The minimum Gasteiger partial charge on any atom is -0.352 e. The van der Waals surface area contributed by atoms with Crippen LogP contribution in [-0.4, -0.2) is 29.6 Å². The summed E-state index contributed by atoms with van der Waals surface area (Å²) in [5, 5.41) is 4.86. The summed E-state index contributed by atoms with van der Waals surface area (Å²) in [5.41, 5.74) is 2.94. The van der Waals surface area contributed by atoms with Crippen molar-refractivity contribution in [1.82, 2.24) is 0 Å². The number of anilines is 2. The Morgan fingerprint density at radius 2 is 1.67 bits per heavy atom. The molecule has 0 saturated carbocycles. The maximum absolute atomic E-state index is 14.6. The maximum atomic E-state index is 14.6. The van der Waals surface area contributed by atoms with Crippen LogP contribution in [0.15, 0.2) is 96.4 Å². The number of para-hydroxylation sites is 2. The van der Waals surface area contributed by atoms with E-state index in [1.807, 2.05) is 77.9 Å². The van der Waals surface area contributed by atoms with E-state index < -0.39 is 29.2 Å². The molecule has 0 aliphatic carbocycles. The number of rotatable bonds is 4. The maximum Gasteiger partial charge on any atom is 0.238 e. The number of nitrogens with zero attached hydrogens (tertiary/aromatic N) is 1. The Kier molecular flexibility index (Phi) is 5.22. The van der Waals surface area contributed by atoms with Crippen LogP contribution in [-0.2, 0) is 10.2 Å². The zero-order chi connectivity index (χ0) is 26.9. The van der Waals surface area contributed by atoms with Crippen LogP contribution in [0.5, 0.6) is 0 Å². The summed E-state index contributed by atoms with van der Waals surface area (Å²) in [6.45, 7) is 1.99. The Morgan fingerprint density at radius 3 is 2.44 bits per heavy atom. The lowest BCUT2D eigenvalue weighted by Gasteiger charge is -2.39. The third-order valence-corrected chi connectivity index (χ3v) is 9.21. The highest BCUT2D eigenvalue weighted by atomic mass is 32.1. The van der Waals surface area contributed by atoms with Crippen molar-refractivity contribution < 1.29 is 18.8 Å². The lowest BCUT2D eigenvalue weighted by molar-refractivity contribution is -0.121. The molecule has 7 heteroatoms. The van der Waals surface area contributed by atoms with Gasteiger partial charge in [-0.2, -0.15) is 0 Å². The first-order valence-electron chi connectivity index (χ1n) is 12.8. The molecule has 3 aliphatic rings. The first-order chi connectivity index (χ1) is 18.9. The van der Waals surface area contributed by atoms with Crippen LogP contribution < -0.4 is 10.2 Å². The van der Waals surface area contributed by atoms with E-state index in [0.717, 1.165) is 16.8 Å². The van der Waals surface area contributed by atoms with Gasteiger partial charge in [0.2, 0.25) is 5.91 Å². The fourth-order valence-corrected chi connectivity index (χ4v) is 7.44. The number of hydrogen-bond donors (Lipinski definition) is 1. The number of fused-ring (bicyclic) bond motifs is 6. The summed E-state index contributed by atoms with van der Waals surface area (Å²) >= 11 is 1.31. The molecule has 5 nitrogen and oxygen atoms in total. The lowest BCUT2D eigenvalue weighted by Crippen LogP contribution is -2.51. The van der Waals surface area contributed by atoms with Crippen molar-refractivity contribution >= 4 is 45.8 Å². The molecule has 192 valence electrons. The average Bonchev–Trinajstić information content (AvgIpc) is 3.66. The molecule has 4 atom stereocenters. The standard InChI is InChI=1S/C32H23FN2O3S/c1-18-17-26-32(22-8-3-4-9-23(22)34-31(32)38)27(29(36)19-12-14-20(33)15-13-19)28(30(37)25-11-6-16-39-25)35(26)24-10-5-2-7-21(18)24/h2-17,26-28H,1H3,(H,34,38)/t26-,27-,28-,32+/m0/s1. The molecule has 1 fully saturated rings. The van der Waals surface area contributed by atoms with Crippen LogP contribution in [0.4, 0.5) is 15.8 Å². The highest BCUT2D eigenvalue weighted by Gasteiger charge is 2.70. The van der Waals surface area contributed by atoms with Gasteiger partial charge in [0.15, 0.2) is 11.6 Å². The number of halogens is 1. The Labute approximate surface area is 228 Å². The van der Waals surface area contributed by atoms with E-state index in [1.165, 1.54) is 35.6 Å². The van der Waals surface area contributed by atoms with Gasteiger partial charge < -0.3 is 10.2 Å². The molecule has 4 aromatic rings. The summed E-state index contributed by atoms with van der Waals surface area (Å²) in [6, 6.07) is 22.5. The highest BCUT2D eigenvalue weighted by Crippen LogP contribution is 2.58. The van der Waals surface area contributed by atoms with Crippen molar-refractivity contribution in [3.63, 3.8) is 0 Å². The smallest absolute Gasteiger partial charge is 0.238 e.